The van der Waals surface area contributed by atoms with Crippen LogP contribution in [-0.4, -0.2) is 28.1 Å². The molecule has 1 fully saturated rings. The summed E-state index contributed by atoms with van der Waals surface area (Å²) in [6, 6.07) is 0.199. The van der Waals surface area contributed by atoms with Crippen LogP contribution < -0.4 is 5.32 Å². The topological polar surface area (TPSA) is 62.2 Å². The van der Waals surface area contributed by atoms with Gasteiger partial charge in [-0.3, -0.25) is 4.79 Å². The molecule has 0 aliphatic heterocycles. The van der Waals surface area contributed by atoms with Crippen molar-refractivity contribution in [3.8, 4) is 0 Å². The largest absolute Gasteiger partial charge is 0.393 e. The molecule has 2 N–H and O–H groups in total. The second-order valence-corrected chi connectivity index (χ2v) is 4.71. The Balaban J connectivity index is 1.85. The zero-order chi connectivity index (χ0) is 10.7. The van der Waals surface area contributed by atoms with Crippen LogP contribution in [0, 0.1) is 0 Å². The van der Waals surface area contributed by atoms with Crippen LogP contribution in [0.5, 0.6) is 0 Å². The van der Waals surface area contributed by atoms with Crippen LogP contribution in [0.3, 0.4) is 0 Å². The van der Waals surface area contributed by atoms with Crippen LogP contribution in [0.25, 0.3) is 0 Å². The highest BCUT2D eigenvalue weighted by Crippen LogP contribution is 2.18. The lowest BCUT2D eigenvalue weighted by molar-refractivity contribution is 0.0867. The predicted octanol–water partition coefficient (Wildman–Crippen LogP) is 1.18. The predicted molar refractivity (Wildman–Crippen MR) is 57.8 cm³/mol. The van der Waals surface area contributed by atoms with Gasteiger partial charge in [0.1, 0.15) is 0 Å². The van der Waals surface area contributed by atoms with Gasteiger partial charge < -0.3 is 10.4 Å². The van der Waals surface area contributed by atoms with E-state index >= 15 is 0 Å². The maximum Gasteiger partial charge on any atom is 0.280 e. The van der Waals surface area contributed by atoms with E-state index in [9.17, 15) is 9.90 Å². The highest BCUT2D eigenvalue weighted by molar-refractivity contribution is 7.11. The fourth-order valence-corrected chi connectivity index (χ4v) is 2.34. The third-order valence-corrected chi connectivity index (χ3v) is 3.43. The number of hydrogen-bond acceptors (Lipinski definition) is 4. The molecular formula is C10H14N2O2S. The van der Waals surface area contributed by atoms with E-state index in [1.165, 1.54) is 11.3 Å². The minimum absolute atomic E-state index is 0.0913. The van der Waals surface area contributed by atoms with Crippen molar-refractivity contribution in [1.29, 1.82) is 0 Å². The highest BCUT2D eigenvalue weighted by atomic mass is 32.1. The molecule has 1 amide bonds. The van der Waals surface area contributed by atoms with Gasteiger partial charge in [0.2, 0.25) is 0 Å². The summed E-state index contributed by atoms with van der Waals surface area (Å²) in [5.74, 6) is -0.0913. The van der Waals surface area contributed by atoms with Crippen molar-refractivity contribution in [3.05, 3.63) is 16.6 Å². The normalized spacial score (nSPS) is 26.2. The van der Waals surface area contributed by atoms with E-state index in [1.807, 2.05) is 0 Å². The average molecular weight is 226 g/mol. The number of carbonyl (C=O) groups is 1. The molecule has 0 unspecified atom stereocenters. The minimum atomic E-state index is -0.182. The van der Waals surface area contributed by atoms with Gasteiger partial charge in [0.05, 0.1) is 6.10 Å². The SMILES string of the molecule is O=C(NC1CCC(O)CC1)c1nccs1. The Hall–Kier alpha value is -0.940. The molecule has 15 heavy (non-hydrogen) atoms. The van der Waals surface area contributed by atoms with Gasteiger partial charge in [-0.1, -0.05) is 0 Å². The molecule has 1 aromatic rings. The van der Waals surface area contributed by atoms with Gasteiger partial charge in [-0.15, -0.1) is 11.3 Å². The number of nitrogens with zero attached hydrogens (tertiary/aromatic N) is 1. The molecule has 0 radical (unpaired) electrons. The molecule has 1 aromatic heterocycles. The Morgan fingerprint density at radius 3 is 2.80 bits per heavy atom. The number of amides is 1. The Kier molecular flexibility index (Phi) is 3.33. The lowest BCUT2D eigenvalue weighted by atomic mass is 9.93. The molecule has 1 saturated carbocycles. The van der Waals surface area contributed by atoms with E-state index in [2.05, 4.69) is 10.3 Å². The van der Waals surface area contributed by atoms with Crippen LogP contribution in [0.1, 0.15) is 35.5 Å². The summed E-state index contributed by atoms with van der Waals surface area (Å²) < 4.78 is 0. The molecule has 5 heteroatoms. The van der Waals surface area contributed by atoms with Gasteiger partial charge in [0, 0.05) is 17.6 Å². The number of aliphatic hydroxyl groups excluding tert-OH is 1. The summed E-state index contributed by atoms with van der Waals surface area (Å²) >= 11 is 1.35. The fraction of sp³-hybridized carbons (Fsp3) is 0.600. The summed E-state index contributed by atoms with van der Waals surface area (Å²) in [6.45, 7) is 0. The first kappa shape index (κ1) is 10.6. The molecule has 82 valence electrons. The Morgan fingerprint density at radius 1 is 1.47 bits per heavy atom. The Morgan fingerprint density at radius 2 is 2.20 bits per heavy atom. The monoisotopic (exact) mass is 226 g/mol. The van der Waals surface area contributed by atoms with E-state index < -0.39 is 0 Å². The van der Waals surface area contributed by atoms with Gasteiger partial charge in [-0.05, 0) is 25.7 Å². The molecule has 0 atom stereocenters. The zero-order valence-corrected chi connectivity index (χ0v) is 9.17. The molecule has 0 saturated heterocycles. The molecular weight excluding hydrogens is 212 g/mol. The second kappa shape index (κ2) is 4.72. The Labute approximate surface area is 92.3 Å². The first-order chi connectivity index (χ1) is 7.25. The van der Waals surface area contributed by atoms with Crippen LogP contribution in [0.4, 0.5) is 0 Å². The van der Waals surface area contributed by atoms with Gasteiger partial charge in [-0.25, -0.2) is 4.98 Å². The van der Waals surface area contributed by atoms with Gasteiger partial charge in [0.25, 0.3) is 5.91 Å². The van der Waals surface area contributed by atoms with E-state index in [-0.39, 0.29) is 18.1 Å². The number of aromatic nitrogens is 1. The maximum atomic E-state index is 11.6. The van der Waals surface area contributed by atoms with Crippen molar-refractivity contribution in [2.24, 2.45) is 0 Å². The van der Waals surface area contributed by atoms with Crippen LogP contribution in [0.15, 0.2) is 11.6 Å². The van der Waals surface area contributed by atoms with Crippen molar-refractivity contribution in [2.45, 2.75) is 37.8 Å². The van der Waals surface area contributed by atoms with E-state index in [4.69, 9.17) is 0 Å². The van der Waals surface area contributed by atoms with Crippen molar-refractivity contribution in [2.75, 3.05) is 0 Å². The third-order valence-electron chi connectivity index (χ3n) is 2.66. The van der Waals surface area contributed by atoms with Crippen molar-refractivity contribution in [3.63, 3.8) is 0 Å². The summed E-state index contributed by atoms with van der Waals surface area (Å²) in [5, 5.41) is 14.6. The van der Waals surface area contributed by atoms with E-state index in [1.54, 1.807) is 11.6 Å². The minimum Gasteiger partial charge on any atom is -0.393 e. The first-order valence-corrected chi connectivity index (χ1v) is 6.02. The maximum absolute atomic E-state index is 11.6. The molecule has 0 bridgehead atoms. The van der Waals surface area contributed by atoms with Gasteiger partial charge in [-0.2, -0.15) is 0 Å². The smallest absolute Gasteiger partial charge is 0.280 e. The van der Waals surface area contributed by atoms with Crippen molar-refractivity contribution < 1.29 is 9.90 Å². The molecule has 1 heterocycles. The number of rotatable bonds is 2. The lowest BCUT2D eigenvalue weighted by Crippen LogP contribution is -2.38. The molecule has 0 spiro atoms. The summed E-state index contributed by atoms with van der Waals surface area (Å²) in [6.07, 6.45) is 4.73. The summed E-state index contributed by atoms with van der Waals surface area (Å²) in [7, 11) is 0. The molecule has 1 aliphatic carbocycles. The quantitative estimate of drug-likeness (QED) is 0.796. The van der Waals surface area contributed by atoms with Crippen LogP contribution in [0.2, 0.25) is 0 Å². The third kappa shape index (κ3) is 2.76. The zero-order valence-electron chi connectivity index (χ0n) is 8.35. The fourth-order valence-electron chi connectivity index (χ4n) is 1.80. The number of hydrogen-bond donors (Lipinski definition) is 2. The number of nitrogens with one attached hydrogen (secondary N) is 1. The van der Waals surface area contributed by atoms with E-state index in [0.717, 1.165) is 25.7 Å². The summed E-state index contributed by atoms with van der Waals surface area (Å²) in [4.78, 5) is 15.6. The summed E-state index contributed by atoms with van der Waals surface area (Å²) in [5.41, 5.74) is 0. The van der Waals surface area contributed by atoms with Crippen molar-refractivity contribution >= 4 is 17.2 Å². The molecule has 4 nitrogen and oxygen atoms in total. The van der Waals surface area contributed by atoms with Gasteiger partial charge in [0.15, 0.2) is 5.01 Å². The van der Waals surface area contributed by atoms with Crippen LogP contribution >= 0.6 is 11.3 Å². The highest BCUT2D eigenvalue weighted by Gasteiger charge is 2.21. The number of carbonyl (C=O) groups excluding carboxylic acids is 1. The Bertz CT molecular complexity index is 318. The average Bonchev–Trinajstić information content (AvgIpc) is 2.74. The molecule has 1 aliphatic rings. The van der Waals surface area contributed by atoms with E-state index in [0.29, 0.717) is 5.01 Å². The standard InChI is InChI=1S/C10H14N2O2S/c13-8-3-1-7(2-4-8)12-9(14)10-11-5-6-15-10/h5-8,13H,1-4H2,(H,12,14). The lowest BCUT2D eigenvalue weighted by Gasteiger charge is -2.25. The van der Waals surface area contributed by atoms with Crippen LogP contribution in [-0.2, 0) is 0 Å². The number of thiazole rings is 1. The molecule has 0 aromatic carbocycles. The second-order valence-electron chi connectivity index (χ2n) is 3.82. The molecule has 2 rings (SSSR count). The van der Waals surface area contributed by atoms with Crippen molar-refractivity contribution in [1.82, 2.24) is 10.3 Å². The van der Waals surface area contributed by atoms with Gasteiger partial charge >= 0.3 is 0 Å². The first-order valence-electron chi connectivity index (χ1n) is 5.14. The number of aliphatic hydroxyl groups is 1.